The Hall–Kier alpha value is -1.14. The van der Waals surface area contributed by atoms with Gasteiger partial charge in [0.2, 0.25) is 0 Å². The molecule has 0 bridgehead atoms. The Kier molecular flexibility index (Phi) is 11.2. The molecule has 1 heterocycles. The molecule has 1 rings (SSSR count). The number of hydrogen-bond acceptors (Lipinski definition) is 4. The van der Waals surface area contributed by atoms with Crippen molar-refractivity contribution < 1.29 is 19.8 Å². The maximum Gasteiger partial charge on any atom is 0.300 e. The van der Waals surface area contributed by atoms with Gasteiger partial charge in [-0.25, -0.2) is 0 Å². The van der Waals surface area contributed by atoms with Crippen LogP contribution in [0.1, 0.15) is 27.7 Å². The van der Waals surface area contributed by atoms with Gasteiger partial charge in [0.05, 0.1) is 0 Å². The smallest absolute Gasteiger partial charge is 0.300 e. The van der Waals surface area contributed by atoms with Crippen molar-refractivity contribution in [2.75, 3.05) is 13.1 Å². The molecule has 0 saturated carbocycles. The average Bonchev–Trinajstić information content (AvgIpc) is 2.08. The summed E-state index contributed by atoms with van der Waals surface area (Å²) in [6.07, 6.45) is 0. The SMILES string of the molecule is CC(=O)O.CC(=O)O.CC1NCCNC1C. The largest absolute Gasteiger partial charge is 0.481 e. The third kappa shape index (κ3) is 18.6. The molecular formula is C10H22N2O4. The van der Waals surface area contributed by atoms with Crippen molar-refractivity contribution in [3.8, 4) is 0 Å². The minimum atomic E-state index is -0.833. The molecular weight excluding hydrogens is 212 g/mol. The maximum atomic E-state index is 9.00. The van der Waals surface area contributed by atoms with Crippen LogP contribution in [-0.2, 0) is 9.59 Å². The first-order valence-corrected chi connectivity index (χ1v) is 5.13. The molecule has 6 heteroatoms. The highest BCUT2D eigenvalue weighted by Crippen LogP contribution is 1.93. The Morgan fingerprint density at radius 2 is 1.12 bits per heavy atom. The highest BCUT2D eigenvalue weighted by molar-refractivity contribution is 5.63. The van der Waals surface area contributed by atoms with Crippen molar-refractivity contribution in [1.29, 1.82) is 0 Å². The molecule has 0 aliphatic carbocycles. The number of piperazine rings is 1. The monoisotopic (exact) mass is 234 g/mol. The molecule has 2 unspecified atom stereocenters. The molecule has 0 spiro atoms. The predicted octanol–water partition coefficient (Wildman–Crippen LogP) is 0.138. The molecule has 0 radical (unpaired) electrons. The molecule has 6 nitrogen and oxygen atoms in total. The van der Waals surface area contributed by atoms with E-state index in [-0.39, 0.29) is 0 Å². The van der Waals surface area contributed by atoms with Gasteiger partial charge in [-0.05, 0) is 13.8 Å². The van der Waals surface area contributed by atoms with Gasteiger partial charge in [-0.15, -0.1) is 0 Å². The van der Waals surface area contributed by atoms with E-state index in [0.29, 0.717) is 12.1 Å². The Morgan fingerprint density at radius 1 is 0.938 bits per heavy atom. The summed E-state index contributed by atoms with van der Waals surface area (Å²) in [5.74, 6) is -1.67. The van der Waals surface area contributed by atoms with Gasteiger partial charge >= 0.3 is 0 Å². The fourth-order valence-corrected chi connectivity index (χ4v) is 0.953. The molecule has 0 amide bonds. The van der Waals surface area contributed by atoms with Gasteiger partial charge in [-0.1, -0.05) is 0 Å². The number of carboxylic acid groups (broad SMARTS) is 2. The second-order valence-corrected chi connectivity index (χ2v) is 3.52. The van der Waals surface area contributed by atoms with E-state index in [4.69, 9.17) is 19.8 Å². The first-order valence-electron chi connectivity index (χ1n) is 5.13. The molecule has 1 aliphatic rings. The lowest BCUT2D eigenvalue weighted by molar-refractivity contribution is -0.135. The zero-order chi connectivity index (χ0) is 13.1. The molecule has 1 fully saturated rings. The number of carboxylic acids is 2. The van der Waals surface area contributed by atoms with Gasteiger partial charge in [0, 0.05) is 39.0 Å². The van der Waals surface area contributed by atoms with E-state index in [0.717, 1.165) is 26.9 Å². The molecule has 1 saturated heterocycles. The molecule has 1 aliphatic heterocycles. The van der Waals surface area contributed by atoms with Gasteiger partial charge < -0.3 is 20.8 Å². The summed E-state index contributed by atoms with van der Waals surface area (Å²) >= 11 is 0. The lowest BCUT2D eigenvalue weighted by Gasteiger charge is -2.27. The Bertz CT molecular complexity index is 179. The van der Waals surface area contributed by atoms with E-state index in [1.165, 1.54) is 0 Å². The maximum absolute atomic E-state index is 9.00. The number of nitrogens with one attached hydrogen (secondary N) is 2. The first kappa shape index (κ1) is 17.3. The second-order valence-electron chi connectivity index (χ2n) is 3.52. The summed E-state index contributed by atoms with van der Waals surface area (Å²) in [5.41, 5.74) is 0. The lowest BCUT2D eigenvalue weighted by atomic mass is 10.1. The zero-order valence-electron chi connectivity index (χ0n) is 10.3. The summed E-state index contributed by atoms with van der Waals surface area (Å²) in [6, 6.07) is 1.28. The third-order valence-electron chi connectivity index (χ3n) is 1.81. The molecule has 4 N–H and O–H groups in total. The molecule has 0 aromatic heterocycles. The lowest BCUT2D eigenvalue weighted by Crippen LogP contribution is -2.52. The van der Waals surface area contributed by atoms with Crippen LogP contribution in [-0.4, -0.2) is 47.3 Å². The van der Waals surface area contributed by atoms with E-state index in [2.05, 4.69) is 24.5 Å². The van der Waals surface area contributed by atoms with E-state index >= 15 is 0 Å². The van der Waals surface area contributed by atoms with E-state index in [1.54, 1.807) is 0 Å². The molecule has 0 aromatic rings. The Balaban J connectivity index is 0. The topological polar surface area (TPSA) is 98.7 Å². The van der Waals surface area contributed by atoms with Crippen molar-refractivity contribution in [2.24, 2.45) is 0 Å². The van der Waals surface area contributed by atoms with Gasteiger partial charge in [0.15, 0.2) is 0 Å². The van der Waals surface area contributed by atoms with Gasteiger partial charge in [-0.3, -0.25) is 9.59 Å². The minimum absolute atomic E-state index is 0.642. The molecule has 0 aromatic carbocycles. The van der Waals surface area contributed by atoms with Crippen molar-refractivity contribution in [3.05, 3.63) is 0 Å². The van der Waals surface area contributed by atoms with Crippen molar-refractivity contribution in [2.45, 2.75) is 39.8 Å². The van der Waals surface area contributed by atoms with Crippen LogP contribution >= 0.6 is 0 Å². The van der Waals surface area contributed by atoms with Crippen molar-refractivity contribution >= 4 is 11.9 Å². The number of rotatable bonds is 0. The van der Waals surface area contributed by atoms with Crippen LogP contribution in [0.25, 0.3) is 0 Å². The van der Waals surface area contributed by atoms with Crippen molar-refractivity contribution in [3.63, 3.8) is 0 Å². The average molecular weight is 234 g/mol. The summed E-state index contributed by atoms with van der Waals surface area (Å²) in [6.45, 7) is 8.81. The second kappa shape index (κ2) is 10.4. The van der Waals surface area contributed by atoms with E-state index < -0.39 is 11.9 Å². The van der Waals surface area contributed by atoms with Crippen LogP contribution in [0.15, 0.2) is 0 Å². The number of hydrogen-bond donors (Lipinski definition) is 4. The number of carbonyl (C=O) groups is 2. The molecule has 96 valence electrons. The van der Waals surface area contributed by atoms with Crippen LogP contribution in [0.3, 0.4) is 0 Å². The first-order chi connectivity index (χ1) is 7.27. The summed E-state index contributed by atoms with van der Waals surface area (Å²) < 4.78 is 0. The van der Waals surface area contributed by atoms with Gasteiger partial charge in [0.1, 0.15) is 0 Å². The molecule has 2 atom stereocenters. The fourth-order valence-electron chi connectivity index (χ4n) is 0.953. The standard InChI is InChI=1S/C6H14N2.2C2H4O2/c1-5-6(2)8-4-3-7-5;2*1-2(3)4/h5-8H,3-4H2,1-2H3;2*1H3,(H,3,4). The van der Waals surface area contributed by atoms with Gasteiger partial charge in [-0.2, -0.15) is 0 Å². The highest BCUT2D eigenvalue weighted by Gasteiger charge is 2.13. The quantitative estimate of drug-likeness (QED) is 0.476. The summed E-state index contributed by atoms with van der Waals surface area (Å²) in [4.78, 5) is 18.0. The fraction of sp³-hybridized carbons (Fsp3) is 0.800. The van der Waals surface area contributed by atoms with Crippen LogP contribution in [0.2, 0.25) is 0 Å². The number of aliphatic carboxylic acids is 2. The Morgan fingerprint density at radius 3 is 1.25 bits per heavy atom. The normalized spacial score (nSPS) is 23.0. The van der Waals surface area contributed by atoms with Crippen molar-refractivity contribution in [1.82, 2.24) is 10.6 Å². The highest BCUT2D eigenvalue weighted by atomic mass is 16.4. The predicted molar refractivity (Wildman–Crippen MR) is 61.5 cm³/mol. The molecule has 16 heavy (non-hydrogen) atoms. The van der Waals surface area contributed by atoms with Gasteiger partial charge in [0.25, 0.3) is 11.9 Å². The Labute approximate surface area is 96.0 Å². The summed E-state index contributed by atoms with van der Waals surface area (Å²) in [7, 11) is 0. The van der Waals surface area contributed by atoms with Crippen LogP contribution < -0.4 is 10.6 Å². The summed E-state index contributed by atoms with van der Waals surface area (Å²) in [5, 5.41) is 21.6. The van der Waals surface area contributed by atoms with E-state index in [1.807, 2.05) is 0 Å². The van der Waals surface area contributed by atoms with Crippen LogP contribution in [0.4, 0.5) is 0 Å². The van der Waals surface area contributed by atoms with Crippen LogP contribution in [0, 0.1) is 0 Å². The van der Waals surface area contributed by atoms with Crippen LogP contribution in [0.5, 0.6) is 0 Å². The minimum Gasteiger partial charge on any atom is -0.481 e. The zero-order valence-corrected chi connectivity index (χ0v) is 10.3. The third-order valence-corrected chi connectivity index (χ3v) is 1.81. The van der Waals surface area contributed by atoms with E-state index in [9.17, 15) is 0 Å².